The van der Waals surface area contributed by atoms with Crippen molar-refractivity contribution in [3.8, 4) is 11.6 Å². The maximum Gasteiger partial charge on any atom is 0.325 e. The second-order valence-corrected chi connectivity index (χ2v) is 9.05. The zero-order valence-corrected chi connectivity index (χ0v) is 17.6. The number of fused-ring (bicyclic) bond motifs is 1. The number of ether oxygens (including phenoxy) is 1. The predicted octanol–water partition coefficient (Wildman–Crippen LogP) is 1.69. The molecule has 8 nitrogen and oxygen atoms in total. The number of nitrogens with one attached hydrogen (secondary N) is 3. The number of aromatic nitrogens is 2. The van der Waals surface area contributed by atoms with E-state index < -0.39 is 5.69 Å². The lowest BCUT2D eigenvalue weighted by atomic mass is 9.96. The summed E-state index contributed by atoms with van der Waals surface area (Å²) in [7, 11) is 0. The molecule has 3 heterocycles. The van der Waals surface area contributed by atoms with Crippen LogP contribution in [0.4, 0.5) is 0 Å². The summed E-state index contributed by atoms with van der Waals surface area (Å²) in [6, 6.07) is 6.44. The molecule has 0 bridgehead atoms. The number of rotatable bonds is 6. The number of para-hydroxylation sites is 1. The van der Waals surface area contributed by atoms with Gasteiger partial charge in [0.1, 0.15) is 11.4 Å². The van der Waals surface area contributed by atoms with Crippen molar-refractivity contribution in [2.45, 2.75) is 51.7 Å². The first-order valence-corrected chi connectivity index (χ1v) is 10.6. The van der Waals surface area contributed by atoms with Gasteiger partial charge in [-0.2, -0.15) is 0 Å². The number of amides is 1. The molecule has 1 saturated heterocycles. The van der Waals surface area contributed by atoms with Gasteiger partial charge in [-0.3, -0.25) is 14.7 Å². The van der Waals surface area contributed by atoms with Gasteiger partial charge in [0.15, 0.2) is 0 Å². The van der Waals surface area contributed by atoms with E-state index in [-0.39, 0.29) is 29.5 Å². The number of hydrogen-bond acceptors (Lipinski definition) is 5. The molecule has 0 aliphatic carbocycles. The highest BCUT2D eigenvalue weighted by molar-refractivity contribution is 5.78. The number of hydrogen-bond donors (Lipinski definition) is 4. The van der Waals surface area contributed by atoms with Crippen molar-refractivity contribution < 1.29 is 14.6 Å². The number of benzene rings is 1. The molecule has 0 spiro atoms. The van der Waals surface area contributed by atoms with Crippen LogP contribution in [-0.4, -0.2) is 51.1 Å². The molecule has 0 atom stereocenters. The van der Waals surface area contributed by atoms with Gasteiger partial charge in [-0.15, -0.1) is 0 Å². The summed E-state index contributed by atoms with van der Waals surface area (Å²) in [5, 5.41) is 12.5. The molecule has 162 valence electrons. The molecule has 8 heteroatoms. The Balaban J connectivity index is 1.23. The number of carbonyl (C=O) groups excluding carboxylic acids is 1. The summed E-state index contributed by atoms with van der Waals surface area (Å²) in [6.07, 6.45) is 2.95. The third-order valence-electron chi connectivity index (χ3n) is 5.98. The van der Waals surface area contributed by atoms with Crippen LogP contribution < -0.4 is 15.7 Å². The molecule has 2 aliphatic heterocycles. The lowest BCUT2D eigenvalue weighted by Crippen LogP contribution is -2.38. The van der Waals surface area contributed by atoms with E-state index in [2.05, 4.69) is 52.2 Å². The predicted molar refractivity (Wildman–Crippen MR) is 113 cm³/mol. The van der Waals surface area contributed by atoms with Gasteiger partial charge in [-0.05, 0) is 51.3 Å². The van der Waals surface area contributed by atoms with Gasteiger partial charge in [0.25, 0.3) is 0 Å². The van der Waals surface area contributed by atoms with Crippen LogP contribution in [0.25, 0.3) is 0 Å². The van der Waals surface area contributed by atoms with E-state index in [0.717, 1.165) is 44.6 Å². The van der Waals surface area contributed by atoms with Crippen LogP contribution in [0, 0.1) is 5.92 Å². The largest absolute Gasteiger partial charge is 0.493 e. The van der Waals surface area contributed by atoms with Gasteiger partial charge in [0.05, 0.1) is 12.1 Å². The fourth-order valence-corrected chi connectivity index (χ4v) is 4.41. The average molecular weight is 415 g/mol. The number of carbonyl (C=O) groups is 1. The molecule has 2 aromatic rings. The number of nitrogens with zero attached hydrogens (tertiary/aromatic N) is 1. The first kappa shape index (κ1) is 20.5. The molecule has 1 aromatic heterocycles. The highest BCUT2D eigenvalue weighted by Crippen LogP contribution is 2.38. The molecular formula is C22H30N4O4. The van der Waals surface area contributed by atoms with Crippen molar-refractivity contribution in [3.05, 3.63) is 45.5 Å². The smallest absolute Gasteiger partial charge is 0.325 e. The second-order valence-electron chi connectivity index (χ2n) is 9.05. The summed E-state index contributed by atoms with van der Waals surface area (Å²) in [5.41, 5.74) is 2.12. The fourth-order valence-electron chi connectivity index (χ4n) is 4.41. The summed E-state index contributed by atoms with van der Waals surface area (Å²) < 4.78 is 6.20. The Labute approximate surface area is 175 Å². The van der Waals surface area contributed by atoms with Crippen LogP contribution in [0.2, 0.25) is 0 Å². The lowest BCUT2D eigenvalue weighted by Gasteiger charge is -2.32. The molecular weight excluding hydrogens is 384 g/mol. The van der Waals surface area contributed by atoms with Crippen molar-refractivity contribution in [3.63, 3.8) is 0 Å². The lowest BCUT2D eigenvalue weighted by molar-refractivity contribution is -0.120. The minimum absolute atomic E-state index is 0.0428. The van der Waals surface area contributed by atoms with Crippen LogP contribution in [0.5, 0.6) is 11.6 Å². The van der Waals surface area contributed by atoms with Crippen LogP contribution in [-0.2, 0) is 24.2 Å². The molecule has 30 heavy (non-hydrogen) atoms. The van der Waals surface area contributed by atoms with E-state index in [9.17, 15) is 14.7 Å². The molecule has 1 amide bonds. The van der Waals surface area contributed by atoms with E-state index in [1.54, 1.807) is 0 Å². The molecule has 4 N–H and O–H groups in total. The first-order chi connectivity index (χ1) is 14.3. The molecule has 0 radical (unpaired) electrons. The van der Waals surface area contributed by atoms with E-state index in [1.165, 1.54) is 11.1 Å². The Morgan fingerprint density at radius 2 is 2.07 bits per heavy atom. The zero-order valence-electron chi connectivity index (χ0n) is 17.6. The molecule has 4 rings (SSSR count). The van der Waals surface area contributed by atoms with Gasteiger partial charge in [-0.25, -0.2) is 4.79 Å². The monoisotopic (exact) mass is 414 g/mol. The minimum atomic E-state index is -0.513. The van der Waals surface area contributed by atoms with Crippen molar-refractivity contribution in [2.24, 2.45) is 5.92 Å². The van der Waals surface area contributed by atoms with Crippen molar-refractivity contribution in [1.29, 1.82) is 0 Å². The first-order valence-electron chi connectivity index (χ1n) is 10.6. The topological polar surface area (TPSA) is 110 Å². The summed E-state index contributed by atoms with van der Waals surface area (Å²) in [4.78, 5) is 30.3. The Bertz CT molecular complexity index is 970. The summed E-state index contributed by atoms with van der Waals surface area (Å²) >= 11 is 0. The molecule has 2 aliphatic rings. The Morgan fingerprint density at radius 1 is 1.30 bits per heavy atom. The van der Waals surface area contributed by atoms with E-state index in [4.69, 9.17) is 4.74 Å². The SMILES string of the molecule is CC1(C)Cc2cccc(CN3CCC(CNC(=O)Cc4[nH]c(=O)[nH]c4O)CC3)c2O1. The van der Waals surface area contributed by atoms with Gasteiger partial charge < -0.3 is 20.1 Å². The normalized spacial score (nSPS) is 18.7. The number of imidazole rings is 1. The highest BCUT2D eigenvalue weighted by atomic mass is 16.5. The fraction of sp³-hybridized carbons (Fsp3) is 0.545. The number of aromatic amines is 2. The number of likely N-dealkylation sites (tertiary alicyclic amines) is 1. The third-order valence-corrected chi connectivity index (χ3v) is 5.98. The summed E-state index contributed by atoms with van der Waals surface area (Å²) in [6.45, 7) is 7.73. The van der Waals surface area contributed by atoms with Crippen LogP contribution in [0.15, 0.2) is 23.0 Å². The van der Waals surface area contributed by atoms with Gasteiger partial charge in [0, 0.05) is 25.1 Å². The van der Waals surface area contributed by atoms with Crippen LogP contribution in [0.3, 0.4) is 0 Å². The average Bonchev–Trinajstić information content (AvgIpc) is 3.18. The van der Waals surface area contributed by atoms with Crippen molar-refractivity contribution >= 4 is 5.91 Å². The van der Waals surface area contributed by atoms with E-state index in [1.807, 2.05) is 0 Å². The van der Waals surface area contributed by atoms with Gasteiger partial charge in [0.2, 0.25) is 11.8 Å². The molecule has 0 unspecified atom stereocenters. The van der Waals surface area contributed by atoms with E-state index in [0.29, 0.717) is 12.5 Å². The summed E-state index contributed by atoms with van der Waals surface area (Å²) in [5.74, 6) is 1.01. The second kappa shape index (κ2) is 8.18. The van der Waals surface area contributed by atoms with Crippen molar-refractivity contribution in [2.75, 3.05) is 19.6 Å². The standard InChI is InChI=1S/C22H30N4O4/c1-22(2)11-15-4-3-5-16(19(15)30-22)13-26-8-6-14(7-9-26)12-23-18(27)10-17-20(28)25-21(29)24-17/h3-5,14,28H,6-13H2,1-2H3,(H,23,27)(H2,24,25,29). The Kier molecular flexibility index (Phi) is 5.60. The Morgan fingerprint density at radius 3 is 2.77 bits per heavy atom. The number of piperidine rings is 1. The van der Waals surface area contributed by atoms with Crippen LogP contribution in [0.1, 0.15) is 43.5 Å². The quantitative estimate of drug-likeness (QED) is 0.575. The highest BCUT2D eigenvalue weighted by Gasteiger charge is 2.32. The molecule has 0 saturated carbocycles. The molecule has 1 fully saturated rings. The third kappa shape index (κ3) is 4.70. The van der Waals surface area contributed by atoms with E-state index >= 15 is 0 Å². The maximum atomic E-state index is 12.1. The number of aromatic hydroxyl groups is 1. The maximum absolute atomic E-state index is 12.1. The minimum Gasteiger partial charge on any atom is -0.493 e. The van der Waals surface area contributed by atoms with Gasteiger partial charge >= 0.3 is 5.69 Å². The molecule has 1 aromatic carbocycles. The zero-order chi connectivity index (χ0) is 21.3. The Hall–Kier alpha value is -2.74. The van der Waals surface area contributed by atoms with Gasteiger partial charge in [-0.1, -0.05) is 18.2 Å². The van der Waals surface area contributed by atoms with Crippen molar-refractivity contribution in [1.82, 2.24) is 20.2 Å². The van der Waals surface area contributed by atoms with Crippen LogP contribution >= 0.6 is 0 Å². The number of H-pyrrole nitrogens is 2.